The van der Waals surface area contributed by atoms with Crippen molar-refractivity contribution in [2.24, 2.45) is 0 Å². The molecule has 0 bridgehead atoms. The van der Waals surface area contributed by atoms with E-state index in [0.29, 0.717) is 28.7 Å². The van der Waals surface area contributed by atoms with Crippen LogP contribution in [0.3, 0.4) is 0 Å². The summed E-state index contributed by atoms with van der Waals surface area (Å²) in [4.78, 5) is 0. The zero-order chi connectivity index (χ0) is 16.7. The minimum absolute atomic E-state index is 0.561. The third-order valence-corrected chi connectivity index (χ3v) is 3.49. The molecule has 2 aromatic carbocycles. The fourth-order valence-corrected chi connectivity index (χ4v) is 2.21. The zero-order valence-corrected chi connectivity index (χ0v) is 13.9. The number of hydrogen-bond acceptors (Lipinski definition) is 3. The topological polar surface area (TPSA) is 42.2 Å². The molecule has 0 N–H and O–H groups in total. The average molecular weight is 328 g/mol. The third-order valence-electron chi connectivity index (χ3n) is 3.24. The highest BCUT2D eigenvalue weighted by atomic mass is 35.5. The highest BCUT2D eigenvalue weighted by molar-refractivity contribution is 6.30. The van der Waals surface area contributed by atoms with E-state index in [1.807, 2.05) is 36.4 Å². The number of allylic oxidation sites excluding steroid dienone is 1. The van der Waals surface area contributed by atoms with Crippen LogP contribution in [-0.2, 0) is 0 Å². The summed E-state index contributed by atoms with van der Waals surface area (Å²) in [6, 6.07) is 15.0. The van der Waals surface area contributed by atoms with Crippen LogP contribution < -0.4 is 9.47 Å². The lowest BCUT2D eigenvalue weighted by molar-refractivity contribution is 0.294. The number of ether oxygens (including phenoxy) is 2. The highest BCUT2D eigenvalue weighted by Crippen LogP contribution is 2.30. The van der Waals surface area contributed by atoms with E-state index >= 15 is 0 Å². The number of nitriles is 1. The van der Waals surface area contributed by atoms with Crippen molar-refractivity contribution in [3.8, 4) is 17.6 Å². The predicted molar refractivity (Wildman–Crippen MR) is 93.7 cm³/mol. The Bertz CT molecular complexity index is 730. The minimum atomic E-state index is 0.561. The molecule has 0 saturated heterocycles. The monoisotopic (exact) mass is 327 g/mol. The molecule has 2 rings (SSSR count). The van der Waals surface area contributed by atoms with E-state index in [9.17, 15) is 5.26 Å². The summed E-state index contributed by atoms with van der Waals surface area (Å²) in [6.45, 7) is 2.69. The van der Waals surface area contributed by atoms with Crippen molar-refractivity contribution in [2.75, 3.05) is 13.7 Å². The highest BCUT2D eigenvalue weighted by Gasteiger charge is 2.06. The summed E-state index contributed by atoms with van der Waals surface area (Å²) in [5.74, 6) is 1.36. The van der Waals surface area contributed by atoms with Gasteiger partial charge in [-0.05, 0) is 47.9 Å². The van der Waals surface area contributed by atoms with Gasteiger partial charge in [0.05, 0.1) is 25.4 Å². The fourth-order valence-electron chi connectivity index (χ4n) is 2.08. The fraction of sp³-hybridized carbons (Fsp3) is 0.211. The molecule has 0 aliphatic carbocycles. The molecule has 0 saturated carbocycles. The SMILES string of the molecule is CCCOc1ccc(/C=C(\C#N)c2ccc(Cl)cc2)cc1OC. The summed E-state index contributed by atoms with van der Waals surface area (Å²) in [7, 11) is 1.60. The van der Waals surface area contributed by atoms with E-state index < -0.39 is 0 Å². The van der Waals surface area contributed by atoms with Gasteiger partial charge in [0, 0.05) is 5.02 Å². The second-order valence-corrected chi connectivity index (χ2v) is 5.37. The van der Waals surface area contributed by atoms with Gasteiger partial charge in [-0.3, -0.25) is 0 Å². The Hall–Kier alpha value is -2.44. The van der Waals surface area contributed by atoms with E-state index in [0.717, 1.165) is 17.5 Å². The van der Waals surface area contributed by atoms with Gasteiger partial charge < -0.3 is 9.47 Å². The maximum Gasteiger partial charge on any atom is 0.161 e. The van der Waals surface area contributed by atoms with Gasteiger partial charge in [-0.25, -0.2) is 0 Å². The van der Waals surface area contributed by atoms with Crippen LogP contribution in [0.4, 0.5) is 0 Å². The summed E-state index contributed by atoms with van der Waals surface area (Å²) in [6.07, 6.45) is 2.75. The molecule has 0 radical (unpaired) electrons. The number of methoxy groups -OCH3 is 1. The van der Waals surface area contributed by atoms with Crippen LogP contribution >= 0.6 is 11.6 Å². The van der Waals surface area contributed by atoms with Crippen LogP contribution in [-0.4, -0.2) is 13.7 Å². The lowest BCUT2D eigenvalue weighted by Crippen LogP contribution is -1.97. The number of rotatable bonds is 6. The number of hydrogen-bond donors (Lipinski definition) is 0. The first-order valence-electron chi connectivity index (χ1n) is 7.36. The molecule has 3 nitrogen and oxygen atoms in total. The van der Waals surface area contributed by atoms with Gasteiger partial charge in [-0.1, -0.05) is 36.7 Å². The van der Waals surface area contributed by atoms with Gasteiger partial charge in [0.2, 0.25) is 0 Å². The standard InChI is InChI=1S/C19H18ClNO2/c1-3-10-23-18-9-4-14(12-19(18)22-2)11-16(13-21)15-5-7-17(20)8-6-15/h4-9,11-12H,3,10H2,1-2H3/b16-11+. The van der Waals surface area contributed by atoms with E-state index in [2.05, 4.69) is 13.0 Å². The molecule has 4 heteroatoms. The molecule has 0 aliphatic rings. The van der Waals surface area contributed by atoms with Crippen molar-refractivity contribution in [3.05, 3.63) is 58.6 Å². The van der Waals surface area contributed by atoms with Crippen LogP contribution in [0, 0.1) is 11.3 Å². The van der Waals surface area contributed by atoms with Crippen molar-refractivity contribution in [2.45, 2.75) is 13.3 Å². The largest absolute Gasteiger partial charge is 0.493 e. The molecule has 118 valence electrons. The minimum Gasteiger partial charge on any atom is -0.493 e. The van der Waals surface area contributed by atoms with Crippen molar-refractivity contribution >= 4 is 23.3 Å². The Morgan fingerprint density at radius 1 is 1.17 bits per heavy atom. The van der Waals surface area contributed by atoms with E-state index in [4.69, 9.17) is 21.1 Å². The number of halogens is 1. The molecule has 0 aliphatic heterocycles. The normalized spacial score (nSPS) is 11.0. The van der Waals surface area contributed by atoms with Crippen LogP contribution in [0.25, 0.3) is 11.6 Å². The lowest BCUT2D eigenvalue weighted by Gasteiger charge is -2.10. The molecule has 0 fully saturated rings. The van der Waals surface area contributed by atoms with Gasteiger partial charge >= 0.3 is 0 Å². The third kappa shape index (κ3) is 4.51. The van der Waals surface area contributed by atoms with E-state index in [1.165, 1.54) is 0 Å². The Kier molecular flexibility index (Phi) is 6.08. The quantitative estimate of drug-likeness (QED) is 0.541. The zero-order valence-electron chi connectivity index (χ0n) is 13.2. The van der Waals surface area contributed by atoms with Crippen molar-refractivity contribution in [1.29, 1.82) is 5.26 Å². The Labute approximate surface area is 141 Å². The molecule has 0 amide bonds. The second kappa shape index (κ2) is 8.26. The molecule has 0 aromatic heterocycles. The first kappa shape index (κ1) is 16.9. The summed E-state index contributed by atoms with van der Waals surface area (Å²) < 4.78 is 11.0. The maximum absolute atomic E-state index is 9.40. The molecular formula is C19H18ClNO2. The second-order valence-electron chi connectivity index (χ2n) is 4.94. The smallest absolute Gasteiger partial charge is 0.161 e. The van der Waals surface area contributed by atoms with Crippen molar-refractivity contribution < 1.29 is 9.47 Å². The van der Waals surface area contributed by atoms with E-state index in [1.54, 1.807) is 19.2 Å². The summed E-state index contributed by atoms with van der Waals surface area (Å²) in [5, 5.41) is 10.0. The average Bonchev–Trinajstić information content (AvgIpc) is 2.59. The Morgan fingerprint density at radius 2 is 1.91 bits per heavy atom. The van der Waals surface area contributed by atoms with Crippen LogP contribution in [0.2, 0.25) is 5.02 Å². The molecule has 0 atom stereocenters. The molecule has 0 heterocycles. The molecule has 0 unspecified atom stereocenters. The van der Waals surface area contributed by atoms with Gasteiger partial charge in [-0.15, -0.1) is 0 Å². The first-order valence-corrected chi connectivity index (χ1v) is 7.74. The van der Waals surface area contributed by atoms with E-state index in [-0.39, 0.29) is 0 Å². The molecule has 0 spiro atoms. The van der Waals surface area contributed by atoms with Gasteiger partial charge in [-0.2, -0.15) is 5.26 Å². The maximum atomic E-state index is 9.40. The van der Waals surface area contributed by atoms with Gasteiger partial charge in [0.15, 0.2) is 11.5 Å². The summed E-state index contributed by atoms with van der Waals surface area (Å²) in [5.41, 5.74) is 2.25. The molecule has 23 heavy (non-hydrogen) atoms. The predicted octanol–water partition coefficient (Wildman–Crippen LogP) is 5.20. The number of nitrogens with zero attached hydrogens (tertiary/aromatic N) is 1. The van der Waals surface area contributed by atoms with Gasteiger partial charge in [0.1, 0.15) is 0 Å². The van der Waals surface area contributed by atoms with Gasteiger partial charge in [0.25, 0.3) is 0 Å². The van der Waals surface area contributed by atoms with Crippen LogP contribution in [0.15, 0.2) is 42.5 Å². The first-order chi connectivity index (χ1) is 11.2. The summed E-state index contributed by atoms with van der Waals surface area (Å²) >= 11 is 5.89. The lowest BCUT2D eigenvalue weighted by atomic mass is 10.0. The van der Waals surface area contributed by atoms with Crippen molar-refractivity contribution in [1.82, 2.24) is 0 Å². The van der Waals surface area contributed by atoms with Crippen LogP contribution in [0.1, 0.15) is 24.5 Å². The van der Waals surface area contributed by atoms with Crippen molar-refractivity contribution in [3.63, 3.8) is 0 Å². The molecular weight excluding hydrogens is 310 g/mol. The Balaban J connectivity index is 2.33. The number of benzene rings is 2. The molecule has 2 aromatic rings. The Morgan fingerprint density at radius 3 is 2.52 bits per heavy atom. The van der Waals surface area contributed by atoms with Crippen LogP contribution in [0.5, 0.6) is 11.5 Å².